The van der Waals surface area contributed by atoms with Gasteiger partial charge in [-0.15, -0.1) is 0 Å². The Kier molecular flexibility index (Phi) is 4.05. The third-order valence-corrected chi connectivity index (χ3v) is 3.88. The first-order valence-corrected chi connectivity index (χ1v) is 6.59. The standard InChI is InChI=1S/C15H17FN2O2/c1-15(14(19)20)5-2-6-18(10-15)9-11-3-4-13(16)7-12(11)8-17/h3-4,7H,2,5-6,9-10H2,1H3,(H,19,20). The molecule has 0 amide bonds. The Bertz CT molecular complexity index is 567. The zero-order valence-corrected chi connectivity index (χ0v) is 11.4. The zero-order valence-electron chi connectivity index (χ0n) is 11.4. The SMILES string of the molecule is CC1(C(=O)O)CCCN(Cc2ccc(F)cc2C#N)C1. The van der Waals surface area contributed by atoms with Gasteiger partial charge in [0.2, 0.25) is 0 Å². The maximum Gasteiger partial charge on any atom is 0.310 e. The van der Waals surface area contributed by atoms with Crippen molar-refractivity contribution in [1.82, 2.24) is 4.90 Å². The van der Waals surface area contributed by atoms with Crippen LogP contribution in [0.1, 0.15) is 30.9 Å². The average molecular weight is 276 g/mol. The molecule has 1 aromatic carbocycles. The summed E-state index contributed by atoms with van der Waals surface area (Å²) in [6, 6.07) is 6.13. The fourth-order valence-electron chi connectivity index (χ4n) is 2.69. The number of carboxylic acid groups (broad SMARTS) is 1. The lowest BCUT2D eigenvalue weighted by atomic mass is 9.82. The molecular formula is C15H17FN2O2. The topological polar surface area (TPSA) is 64.3 Å². The second-order valence-electron chi connectivity index (χ2n) is 5.59. The molecule has 0 aliphatic carbocycles. The van der Waals surface area contributed by atoms with E-state index in [-0.39, 0.29) is 0 Å². The van der Waals surface area contributed by atoms with Crippen molar-refractivity contribution in [1.29, 1.82) is 5.26 Å². The van der Waals surface area contributed by atoms with Crippen molar-refractivity contribution in [3.05, 3.63) is 35.1 Å². The summed E-state index contributed by atoms with van der Waals surface area (Å²) < 4.78 is 13.1. The molecule has 1 saturated heterocycles. The number of aliphatic carboxylic acids is 1. The van der Waals surface area contributed by atoms with Crippen molar-refractivity contribution in [3.63, 3.8) is 0 Å². The van der Waals surface area contributed by atoms with Gasteiger partial charge in [0, 0.05) is 13.1 Å². The lowest BCUT2D eigenvalue weighted by molar-refractivity contribution is -0.151. The van der Waals surface area contributed by atoms with E-state index in [2.05, 4.69) is 0 Å². The van der Waals surface area contributed by atoms with Gasteiger partial charge >= 0.3 is 5.97 Å². The number of nitriles is 1. The first-order valence-electron chi connectivity index (χ1n) is 6.59. The Balaban J connectivity index is 2.15. The van der Waals surface area contributed by atoms with Gasteiger partial charge in [-0.1, -0.05) is 6.07 Å². The van der Waals surface area contributed by atoms with Crippen LogP contribution in [0.3, 0.4) is 0 Å². The van der Waals surface area contributed by atoms with Crippen molar-refractivity contribution in [2.45, 2.75) is 26.3 Å². The first-order chi connectivity index (χ1) is 9.44. The van der Waals surface area contributed by atoms with Crippen molar-refractivity contribution in [2.75, 3.05) is 13.1 Å². The second-order valence-corrected chi connectivity index (χ2v) is 5.59. The number of carboxylic acids is 1. The van der Waals surface area contributed by atoms with Crippen LogP contribution >= 0.6 is 0 Å². The van der Waals surface area contributed by atoms with E-state index in [9.17, 15) is 14.3 Å². The molecule has 0 radical (unpaired) electrons. The van der Waals surface area contributed by atoms with Crippen LogP contribution < -0.4 is 0 Å². The highest BCUT2D eigenvalue weighted by molar-refractivity contribution is 5.74. The molecule has 1 N–H and O–H groups in total. The van der Waals surface area contributed by atoms with E-state index in [0.29, 0.717) is 25.1 Å². The summed E-state index contributed by atoms with van der Waals surface area (Å²) in [4.78, 5) is 13.3. The Labute approximate surface area is 117 Å². The minimum Gasteiger partial charge on any atom is -0.481 e. The van der Waals surface area contributed by atoms with Crippen LogP contribution in [-0.4, -0.2) is 29.1 Å². The molecule has 1 fully saturated rings. The van der Waals surface area contributed by atoms with Crippen LogP contribution in [0.25, 0.3) is 0 Å². The molecule has 1 aromatic rings. The molecule has 106 valence electrons. The fraction of sp³-hybridized carbons (Fsp3) is 0.467. The minimum atomic E-state index is -0.790. The summed E-state index contributed by atoms with van der Waals surface area (Å²) in [6.45, 7) is 3.47. The highest BCUT2D eigenvalue weighted by atomic mass is 19.1. The summed E-state index contributed by atoms with van der Waals surface area (Å²) in [7, 11) is 0. The number of benzene rings is 1. The predicted octanol–water partition coefficient (Wildman–Crippen LogP) is 2.38. The molecule has 1 unspecified atom stereocenters. The van der Waals surface area contributed by atoms with Gasteiger partial charge in [0.1, 0.15) is 5.82 Å². The molecule has 5 heteroatoms. The second kappa shape index (κ2) is 5.59. The van der Waals surface area contributed by atoms with Crippen LogP contribution in [0.5, 0.6) is 0 Å². The van der Waals surface area contributed by atoms with Crippen LogP contribution in [0.4, 0.5) is 4.39 Å². The van der Waals surface area contributed by atoms with Crippen LogP contribution in [-0.2, 0) is 11.3 Å². The summed E-state index contributed by atoms with van der Waals surface area (Å²) in [6.07, 6.45) is 1.47. The number of hydrogen-bond acceptors (Lipinski definition) is 3. The van der Waals surface area contributed by atoms with Crippen molar-refractivity contribution >= 4 is 5.97 Å². The van der Waals surface area contributed by atoms with E-state index in [1.807, 2.05) is 11.0 Å². The molecule has 20 heavy (non-hydrogen) atoms. The van der Waals surface area contributed by atoms with Crippen molar-refractivity contribution in [2.24, 2.45) is 5.41 Å². The smallest absolute Gasteiger partial charge is 0.310 e. The maximum absolute atomic E-state index is 13.1. The van der Waals surface area contributed by atoms with Gasteiger partial charge in [0.05, 0.1) is 17.0 Å². The van der Waals surface area contributed by atoms with Crippen LogP contribution in [0, 0.1) is 22.6 Å². The number of carbonyl (C=O) groups is 1. The normalized spacial score (nSPS) is 23.2. The highest BCUT2D eigenvalue weighted by Gasteiger charge is 2.37. The lowest BCUT2D eigenvalue weighted by Gasteiger charge is -2.37. The van der Waals surface area contributed by atoms with Crippen LogP contribution in [0.15, 0.2) is 18.2 Å². The molecule has 1 aliphatic heterocycles. The van der Waals surface area contributed by atoms with Crippen molar-refractivity contribution in [3.8, 4) is 6.07 Å². The molecule has 2 rings (SSSR count). The minimum absolute atomic E-state index is 0.313. The number of rotatable bonds is 3. The first kappa shape index (κ1) is 14.5. The summed E-state index contributed by atoms with van der Waals surface area (Å²) in [5.41, 5.74) is 0.307. The number of nitrogens with zero attached hydrogens (tertiary/aromatic N) is 2. The molecule has 0 spiro atoms. The van der Waals surface area contributed by atoms with E-state index in [0.717, 1.165) is 18.5 Å². The molecule has 1 atom stereocenters. The molecule has 0 bridgehead atoms. The van der Waals surface area contributed by atoms with E-state index >= 15 is 0 Å². The monoisotopic (exact) mass is 276 g/mol. The highest BCUT2D eigenvalue weighted by Crippen LogP contribution is 2.30. The molecule has 4 nitrogen and oxygen atoms in total. The summed E-state index contributed by atoms with van der Waals surface area (Å²) in [5.74, 6) is -1.22. The number of halogens is 1. The quantitative estimate of drug-likeness (QED) is 0.920. The summed E-state index contributed by atoms with van der Waals surface area (Å²) >= 11 is 0. The van der Waals surface area contributed by atoms with E-state index < -0.39 is 17.2 Å². The predicted molar refractivity (Wildman–Crippen MR) is 71.4 cm³/mol. The lowest BCUT2D eigenvalue weighted by Crippen LogP contribution is -2.45. The number of piperidine rings is 1. The summed E-state index contributed by atoms with van der Waals surface area (Å²) in [5, 5.41) is 18.3. The maximum atomic E-state index is 13.1. The van der Waals surface area contributed by atoms with Gasteiger partial charge in [-0.2, -0.15) is 5.26 Å². The van der Waals surface area contributed by atoms with Crippen LogP contribution in [0.2, 0.25) is 0 Å². The Morgan fingerprint density at radius 1 is 1.60 bits per heavy atom. The van der Waals surface area contributed by atoms with Gasteiger partial charge in [0.15, 0.2) is 0 Å². The Morgan fingerprint density at radius 2 is 2.35 bits per heavy atom. The van der Waals surface area contributed by atoms with Gasteiger partial charge in [-0.05, 0) is 44.0 Å². The molecule has 1 heterocycles. The molecular weight excluding hydrogens is 259 g/mol. The van der Waals surface area contributed by atoms with Gasteiger partial charge in [0.25, 0.3) is 0 Å². The molecule has 1 aliphatic rings. The van der Waals surface area contributed by atoms with Gasteiger partial charge in [-0.25, -0.2) is 4.39 Å². The zero-order chi connectivity index (χ0) is 14.8. The van der Waals surface area contributed by atoms with E-state index in [4.69, 9.17) is 5.26 Å². The largest absolute Gasteiger partial charge is 0.481 e. The third-order valence-electron chi connectivity index (χ3n) is 3.88. The van der Waals surface area contributed by atoms with E-state index in [1.54, 1.807) is 13.0 Å². The molecule has 0 aromatic heterocycles. The number of hydrogen-bond donors (Lipinski definition) is 1. The Hall–Kier alpha value is -1.93. The Morgan fingerprint density at radius 3 is 3.00 bits per heavy atom. The third kappa shape index (κ3) is 2.97. The number of likely N-dealkylation sites (tertiary alicyclic amines) is 1. The van der Waals surface area contributed by atoms with E-state index in [1.165, 1.54) is 12.1 Å². The van der Waals surface area contributed by atoms with Crippen molar-refractivity contribution < 1.29 is 14.3 Å². The molecule has 0 saturated carbocycles. The van der Waals surface area contributed by atoms with Gasteiger partial charge in [-0.3, -0.25) is 9.69 Å². The average Bonchev–Trinajstić information content (AvgIpc) is 2.41. The fourth-order valence-corrected chi connectivity index (χ4v) is 2.69. The van der Waals surface area contributed by atoms with Gasteiger partial charge < -0.3 is 5.11 Å².